The molecule has 23 heavy (non-hydrogen) atoms. The van der Waals surface area contributed by atoms with Crippen LogP contribution in [0.2, 0.25) is 0 Å². The molecule has 0 heterocycles. The third-order valence-electron chi connectivity index (χ3n) is 2.58. The number of unbranched alkanes of at least 4 members (excludes halogenated alkanes) is 1. The predicted octanol–water partition coefficient (Wildman–Crippen LogP) is 1.87. The summed E-state index contributed by atoms with van der Waals surface area (Å²) in [6, 6.07) is -0.800. The van der Waals surface area contributed by atoms with Crippen molar-refractivity contribution in [3.8, 4) is 0 Å². The number of alkyl carbamates (subject to hydrolysis) is 1. The first kappa shape index (κ1) is 21.6. The van der Waals surface area contributed by atoms with Crippen LogP contribution in [-0.2, 0) is 19.1 Å². The molecule has 0 saturated heterocycles. The van der Waals surface area contributed by atoms with E-state index in [0.29, 0.717) is 12.8 Å². The molecule has 0 aromatic rings. The molecular formula is C14H28N2O7. The van der Waals surface area contributed by atoms with Gasteiger partial charge in [-0.15, -0.1) is 0 Å². The molecule has 0 aliphatic carbocycles. The fourth-order valence-electron chi connectivity index (χ4n) is 1.55. The number of esters is 1. The van der Waals surface area contributed by atoms with Crippen molar-refractivity contribution in [2.45, 2.75) is 59.1 Å². The summed E-state index contributed by atoms with van der Waals surface area (Å²) in [5.74, 6) is -0.701. The Morgan fingerprint density at radius 2 is 1.70 bits per heavy atom. The van der Waals surface area contributed by atoms with Gasteiger partial charge in [-0.25, -0.2) is 9.59 Å². The Hall–Kier alpha value is -1.42. The van der Waals surface area contributed by atoms with Crippen LogP contribution in [0.1, 0.15) is 47.5 Å². The van der Waals surface area contributed by atoms with Crippen LogP contribution in [0, 0.1) is 5.92 Å². The van der Waals surface area contributed by atoms with Gasteiger partial charge in [0.25, 0.3) is 0 Å². The number of rotatable bonds is 9. The van der Waals surface area contributed by atoms with Crippen LogP contribution >= 0.6 is 0 Å². The van der Waals surface area contributed by atoms with Crippen molar-refractivity contribution in [1.82, 2.24) is 10.7 Å². The fraction of sp³-hybridized carbons (Fsp3) is 0.857. The second kappa shape index (κ2) is 10.4. The average Bonchev–Trinajstić information content (AvgIpc) is 2.37. The zero-order valence-electron chi connectivity index (χ0n) is 14.4. The van der Waals surface area contributed by atoms with E-state index < -0.39 is 23.7 Å². The Morgan fingerprint density at radius 1 is 1.13 bits per heavy atom. The smallest absolute Gasteiger partial charge is 0.408 e. The zero-order chi connectivity index (χ0) is 18.0. The fourth-order valence-corrected chi connectivity index (χ4v) is 1.55. The molecule has 0 aliphatic heterocycles. The van der Waals surface area contributed by atoms with E-state index in [4.69, 9.17) is 19.9 Å². The van der Waals surface area contributed by atoms with Crippen LogP contribution in [0.15, 0.2) is 0 Å². The van der Waals surface area contributed by atoms with Crippen LogP contribution in [0.4, 0.5) is 4.79 Å². The van der Waals surface area contributed by atoms with Crippen molar-refractivity contribution in [2.75, 3.05) is 13.2 Å². The van der Waals surface area contributed by atoms with Crippen molar-refractivity contribution in [2.24, 2.45) is 5.92 Å². The lowest BCUT2D eigenvalue weighted by atomic mass is 10.1. The van der Waals surface area contributed by atoms with E-state index in [2.05, 4.69) is 10.2 Å². The summed E-state index contributed by atoms with van der Waals surface area (Å²) < 4.78 is 10.2. The van der Waals surface area contributed by atoms with Crippen LogP contribution in [0.5, 0.6) is 0 Å². The topological polar surface area (TPSA) is 118 Å². The van der Waals surface area contributed by atoms with Crippen molar-refractivity contribution in [3.63, 3.8) is 0 Å². The van der Waals surface area contributed by atoms with Gasteiger partial charge in [0.15, 0.2) is 0 Å². The minimum absolute atomic E-state index is 0.0777. The summed E-state index contributed by atoms with van der Waals surface area (Å²) in [5.41, 5.74) is -0.650. The van der Waals surface area contributed by atoms with E-state index in [0.717, 1.165) is 0 Å². The van der Waals surface area contributed by atoms with Gasteiger partial charge in [-0.05, 0) is 39.5 Å². The molecule has 1 amide bonds. The number of ether oxygens (including phenoxy) is 2. The number of nitrogens with zero attached hydrogens (tertiary/aromatic N) is 1. The first-order valence-corrected chi connectivity index (χ1v) is 7.50. The quantitative estimate of drug-likeness (QED) is 0.332. The standard InChI is InChI=1S/C14H28N2O7/c1-10(2)11(15-13(18)23-14(3,4)5)12(17)21-8-6-7-9-22-16(19)20/h10-11,19-20H,6-9H2,1-5H3,(H,15,18). The molecule has 1 unspecified atom stereocenters. The van der Waals surface area contributed by atoms with Crippen molar-refractivity contribution in [1.29, 1.82) is 0 Å². The third kappa shape index (κ3) is 11.8. The Labute approximate surface area is 136 Å². The highest BCUT2D eigenvalue weighted by atomic mass is 17.1. The molecule has 0 fully saturated rings. The Morgan fingerprint density at radius 3 is 2.17 bits per heavy atom. The van der Waals surface area contributed by atoms with E-state index in [9.17, 15) is 9.59 Å². The summed E-state index contributed by atoms with van der Waals surface area (Å²) in [7, 11) is 0. The van der Waals surface area contributed by atoms with Crippen LogP contribution in [0.3, 0.4) is 0 Å². The van der Waals surface area contributed by atoms with Gasteiger partial charge in [-0.3, -0.25) is 15.3 Å². The van der Waals surface area contributed by atoms with Crippen LogP contribution in [0.25, 0.3) is 0 Å². The van der Waals surface area contributed by atoms with E-state index in [1.54, 1.807) is 34.6 Å². The first-order chi connectivity index (χ1) is 10.5. The zero-order valence-corrected chi connectivity index (χ0v) is 14.4. The van der Waals surface area contributed by atoms with Gasteiger partial charge in [-0.2, -0.15) is 0 Å². The highest BCUT2D eigenvalue weighted by Crippen LogP contribution is 2.10. The summed E-state index contributed by atoms with van der Waals surface area (Å²) in [4.78, 5) is 28.1. The molecule has 0 bridgehead atoms. The summed E-state index contributed by atoms with van der Waals surface area (Å²) in [5, 5.41) is 18.8. The van der Waals surface area contributed by atoms with Crippen molar-refractivity contribution >= 4 is 12.1 Å². The maximum atomic E-state index is 12.0. The van der Waals surface area contributed by atoms with Crippen LogP contribution < -0.4 is 5.32 Å². The number of amides is 1. The molecule has 0 spiro atoms. The Kier molecular flexibility index (Phi) is 9.73. The third-order valence-corrected chi connectivity index (χ3v) is 2.58. The number of nitrogens with one attached hydrogen (secondary N) is 1. The average molecular weight is 336 g/mol. The summed E-state index contributed by atoms with van der Waals surface area (Å²) in [6.45, 7) is 8.99. The molecule has 0 rings (SSSR count). The molecule has 1 atom stereocenters. The van der Waals surface area contributed by atoms with Gasteiger partial charge in [-0.1, -0.05) is 13.8 Å². The largest absolute Gasteiger partial charge is 0.464 e. The number of carbonyl (C=O) groups excluding carboxylic acids is 2. The van der Waals surface area contributed by atoms with Crippen molar-refractivity contribution < 1.29 is 34.3 Å². The number of carbonyl (C=O) groups is 2. The molecule has 0 aromatic carbocycles. The highest BCUT2D eigenvalue weighted by Gasteiger charge is 2.28. The van der Waals surface area contributed by atoms with E-state index in [1.807, 2.05) is 0 Å². The van der Waals surface area contributed by atoms with Gasteiger partial charge >= 0.3 is 12.1 Å². The molecule has 0 aromatic heterocycles. The maximum Gasteiger partial charge on any atom is 0.408 e. The number of hydrogen-bond acceptors (Lipinski definition) is 8. The Bertz CT molecular complexity index is 367. The lowest BCUT2D eigenvalue weighted by Gasteiger charge is -2.24. The van der Waals surface area contributed by atoms with E-state index in [-0.39, 0.29) is 24.5 Å². The van der Waals surface area contributed by atoms with E-state index in [1.165, 1.54) is 0 Å². The summed E-state index contributed by atoms with van der Waals surface area (Å²) >= 11 is 0. The minimum atomic E-state index is -0.800. The highest BCUT2D eigenvalue weighted by molar-refractivity contribution is 5.81. The SMILES string of the molecule is CC(C)C(NC(=O)OC(C)(C)C)C(=O)OCCCCON(O)O. The second-order valence-electron chi connectivity index (χ2n) is 6.33. The van der Waals surface area contributed by atoms with Gasteiger partial charge < -0.3 is 14.8 Å². The molecule has 3 N–H and O–H groups in total. The molecule has 136 valence electrons. The molecule has 9 nitrogen and oxygen atoms in total. The Balaban J connectivity index is 4.18. The predicted molar refractivity (Wildman–Crippen MR) is 79.6 cm³/mol. The molecule has 9 heteroatoms. The lowest BCUT2D eigenvalue weighted by Crippen LogP contribution is -2.47. The van der Waals surface area contributed by atoms with E-state index >= 15 is 0 Å². The molecule has 0 aliphatic rings. The normalized spacial score (nSPS) is 13.1. The summed E-state index contributed by atoms with van der Waals surface area (Å²) in [6.07, 6.45) is 0.278. The maximum absolute atomic E-state index is 12.0. The van der Waals surface area contributed by atoms with Gasteiger partial charge in [0.2, 0.25) is 0 Å². The molecular weight excluding hydrogens is 308 g/mol. The van der Waals surface area contributed by atoms with Crippen LogP contribution in [-0.4, -0.2) is 52.7 Å². The number of hydrogen-bond donors (Lipinski definition) is 3. The van der Waals surface area contributed by atoms with Gasteiger partial charge in [0.05, 0.1) is 18.6 Å². The van der Waals surface area contributed by atoms with Gasteiger partial charge in [0, 0.05) is 0 Å². The second-order valence-corrected chi connectivity index (χ2v) is 6.33. The lowest BCUT2D eigenvalue weighted by molar-refractivity contribution is -0.492. The van der Waals surface area contributed by atoms with Gasteiger partial charge in [0.1, 0.15) is 11.6 Å². The first-order valence-electron chi connectivity index (χ1n) is 7.50. The molecule has 0 saturated carbocycles. The monoisotopic (exact) mass is 336 g/mol. The minimum Gasteiger partial charge on any atom is -0.464 e. The molecule has 0 radical (unpaired) electrons. The van der Waals surface area contributed by atoms with Crippen molar-refractivity contribution in [3.05, 3.63) is 0 Å².